The van der Waals surface area contributed by atoms with Gasteiger partial charge in [-0.1, -0.05) is 11.6 Å². The van der Waals surface area contributed by atoms with Crippen LogP contribution < -0.4 is 16.2 Å². The number of nitrogens with two attached hydrogens (primary N) is 2. The van der Waals surface area contributed by atoms with E-state index < -0.39 is 18.1 Å². The molecule has 0 saturated heterocycles. The molecule has 0 radical (unpaired) electrons. The molecule has 2 unspecified atom stereocenters. The number of halogens is 1. The second kappa shape index (κ2) is 5.86. The number of carboxylic acids is 1. The van der Waals surface area contributed by atoms with Crippen LogP contribution in [0.1, 0.15) is 18.0 Å². The molecule has 1 aromatic rings. The number of aliphatic carboxylic acids is 1. The Morgan fingerprint density at radius 1 is 1.53 bits per heavy atom. The van der Waals surface area contributed by atoms with E-state index >= 15 is 0 Å². The maximum Gasteiger partial charge on any atom is 0.304 e. The molecule has 0 aliphatic rings. The first kappa shape index (κ1) is 13.8. The van der Waals surface area contributed by atoms with E-state index in [0.717, 1.165) is 0 Å². The summed E-state index contributed by atoms with van der Waals surface area (Å²) in [5.74, 6) is -0.448. The van der Waals surface area contributed by atoms with Crippen molar-refractivity contribution in [2.45, 2.75) is 18.5 Å². The Balaban J connectivity index is 2.97. The highest BCUT2D eigenvalue weighted by Gasteiger charge is 2.21. The topological polar surface area (TPSA) is 98.6 Å². The number of carboxylic acid groups (broad SMARTS) is 1. The second-order valence-corrected chi connectivity index (χ2v) is 4.11. The van der Waals surface area contributed by atoms with E-state index in [1.807, 2.05) is 0 Å². The van der Waals surface area contributed by atoms with Gasteiger partial charge in [-0.15, -0.1) is 0 Å². The molecular formula is C11H15ClN2O3. The maximum atomic E-state index is 10.6. The predicted octanol–water partition coefficient (Wildman–Crippen LogP) is 1.15. The molecule has 5 N–H and O–H groups in total. The van der Waals surface area contributed by atoms with Gasteiger partial charge < -0.3 is 21.3 Å². The van der Waals surface area contributed by atoms with E-state index in [2.05, 4.69) is 0 Å². The van der Waals surface area contributed by atoms with Crippen LogP contribution in [-0.4, -0.2) is 24.2 Å². The fourth-order valence-corrected chi connectivity index (χ4v) is 1.71. The zero-order valence-electron chi connectivity index (χ0n) is 9.39. The Labute approximate surface area is 104 Å². The summed E-state index contributed by atoms with van der Waals surface area (Å²) < 4.78 is 5.13. The molecule has 2 atom stereocenters. The summed E-state index contributed by atoms with van der Waals surface area (Å²) in [5.41, 5.74) is 12.2. The highest BCUT2D eigenvalue weighted by molar-refractivity contribution is 6.30. The van der Waals surface area contributed by atoms with Gasteiger partial charge in [-0.25, -0.2) is 0 Å². The van der Waals surface area contributed by atoms with E-state index in [0.29, 0.717) is 16.3 Å². The molecule has 1 rings (SSSR count). The first-order chi connectivity index (χ1) is 7.95. The quantitative estimate of drug-likeness (QED) is 0.736. The van der Waals surface area contributed by atoms with Gasteiger partial charge in [0.1, 0.15) is 5.75 Å². The minimum absolute atomic E-state index is 0.211. The lowest BCUT2D eigenvalue weighted by Gasteiger charge is -2.21. The molecule has 0 bridgehead atoms. The number of benzene rings is 1. The van der Waals surface area contributed by atoms with Crippen LogP contribution in [0.3, 0.4) is 0 Å². The molecule has 0 aromatic heterocycles. The van der Waals surface area contributed by atoms with Crippen LogP contribution in [0.2, 0.25) is 5.02 Å². The normalized spacial score (nSPS) is 14.1. The third-order valence-corrected chi connectivity index (χ3v) is 2.66. The Morgan fingerprint density at radius 3 is 2.71 bits per heavy atom. The van der Waals surface area contributed by atoms with Crippen LogP contribution in [-0.2, 0) is 4.79 Å². The van der Waals surface area contributed by atoms with Crippen molar-refractivity contribution in [3.05, 3.63) is 28.8 Å². The summed E-state index contributed by atoms with van der Waals surface area (Å²) >= 11 is 5.86. The number of rotatable bonds is 5. The molecule has 0 aliphatic carbocycles. The molecule has 0 fully saturated rings. The van der Waals surface area contributed by atoms with Crippen molar-refractivity contribution in [2.75, 3.05) is 7.11 Å². The largest absolute Gasteiger partial charge is 0.496 e. The average molecular weight is 259 g/mol. The average Bonchev–Trinajstić information content (AvgIpc) is 2.27. The van der Waals surface area contributed by atoms with E-state index in [1.165, 1.54) is 7.11 Å². The number of ether oxygens (including phenoxy) is 1. The van der Waals surface area contributed by atoms with Gasteiger partial charge in [0, 0.05) is 22.7 Å². The Hall–Kier alpha value is -1.30. The van der Waals surface area contributed by atoms with E-state index in [-0.39, 0.29) is 6.42 Å². The molecular weight excluding hydrogens is 244 g/mol. The fraction of sp³-hybridized carbons (Fsp3) is 0.364. The van der Waals surface area contributed by atoms with Gasteiger partial charge in [0.05, 0.1) is 13.5 Å². The lowest BCUT2D eigenvalue weighted by atomic mass is 9.97. The minimum atomic E-state index is -0.992. The zero-order chi connectivity index (χ0) is 13.0. The van der Waals surface area contributed by atoms with E-state index in [9.17, 15) is 4.79 Å². The maximum absolute atomic E-state index is 10.6. The van der Waals surface area contributed by atoms with Crippen molar-refractivity contribution < 1.29 is 14.6 Å². The number of hydrogen-bond acceptors (Lipinski definition) is 4. The molecule has 0 spiro atoms. The van der Waals surface area contributed by atoms with Crippen LogP contribution in [0.4, 0.5) is 0 Å². The molecule has 5 nitrogen and oxygen atoms in total. The van der Waals surface area contributed by atoms with Crippen molar-refractivity contribution in [3.8, 4) is 5.75 Å². The molecule has 0 saturated carbocycles. The molecule has 0 amide bonds. The number of hydrogen-bond donors (Lipinski definition) is 3. The van der Waals surface area contributed by atoms with Crippen LogP contribution in [0.15, 0.2) is 18.2 Å². The van der Waals surface area contributed by atoms with Crippen molar-refractivity contribution in [1.29, 1.82) is 0 Å². The zero-order valence-corrected chi connectivity index (χ0v) is 10.1. The first-order valence-corrected chi connectivity index (χ1v) is 5.40. The lowest BCUT2D eigenvalue weighted by molar-refractivity contribution is -0.137. The highest BCUT2D eigenvalue weighted by Crippen LogP contribution is 2.28. The van der Waals surface area contributed by atoms with Gasteiger partial charge in [-0.05, 0) is 18.2 Å². The van der Waals surface area contributed by atoms with Crippen molar-refractivity contribution in [1.82, 2.24) is 0 Å². The Bertz CT molecular complexity index is 412. The SMILES string of the molecule is COc1ccc(Cl)cc1C(N)C(N)CC(=O)O. The molecule has 17 heavy (non-hydrogen) atoms. The monoisotopic (exact) mass is 258 g/mol. The van der Waals surface area contributed by atoms with Crippen LogP contribution >= 0.6 is 11.6 Å². The molecule has 94 valence electrons. The molecule has 6 heteroatoms. The molecule has 0 heterocycles. The van der Waals surface area contributed by atoms with Gasteiger partial charge in [0.25, 0.3) is 0 Å². The van der Waals surface area contributed by atoms with Crippen LogP contribution in [0.25, 0.3) is 0 Å². The Morgan fingerprint density at radius 2 is 2.18 bits per heavy atom. The smallest absolute Gasteiger partial charge is 0.304 e. The van der Waals surface area contributed by atoms with E-state index in [1.54, 1.807) is 18.2 Å². The molecule has 0 aliphatic heterocycles. The summed E-state index contributed by atoms with van der Waals surface area (Å²) in [6.07, 6.45) is -0.211. The summed E-state index contributed by atoms with van der Waals surface area (Å²) in [5, 5.41) is 9.17. The third kappa shape index (κ3) is 3.59. The third-order valence-electron chi connectivity index (χ3n) is 2.42. The van der Waals surface area contributed by atoms with Crippen LogP contribution in [0.5, 0.6) is 5.75 Å². The van der Waals surface area contributed by atoms with Gasteiger partial charge in [-0.2, -0.15) is 0 Å². The van der Waals surface area contributed by atoms with Crippen molar-refractivity contribution in [2.24, 2.45) is 11.5 Å². The summed E-state index contributed by atoms with van der Waals surface area (Å²) in [6.45, 7) is 0. The lowest BCUT2D eigenvalue weighted by Crippen LogP contribution is -2.36. The van der Waals surface area contributed by atoms with Crippen LogP contribution in [0, 0.1) is 0 Å². The minimum Gasteiger partial charge on any atom is -0.496 e. The number of carbonyl (C=O) groups is 1. The summed E-state index contributed by atoms with van der Waals surface area (Å²) in [6, 6.07) is 3.64. The highest BCUT2D eigenvalue weighted by atomic mass is 35.5. The van der Waals surface area contributed by atoms with Gasteiger partial charge in [0.15, 0.2) is 0 Å². The van der Waals surface area contributed by atoms with Gasteiger partial charge in [0.2, 0.25) is 0 Å². The van der Waals surface area contributed by atoms with Crippen molar-refractivity contribution in [3.63, 3.8) is 0 Å². The second-order valence-electron chi connectivity index (χ2n) is 3.67. The number of methoxy groups -OCH3 is 1. The van der Waals surface area contributed by atoms with Gasteiger partial charge >= 0.3 is 5.97 Å². The predicted molar refractivity (Wildman–Crippen MR) is 65.2 cm³/mol. The first-order valence-electron chi connectivity index (χ1n) is 5.02. The van der Waals surface area contributed by atoms with E-state index in [4.69, 9.17) is 32.9 Å². The summed E-state index contributed by atoms with van der Waals surface area (Å²) in [4.78, 5) is 10.6. The van der Waals surface area contributed by atoms with Gasteiger partial charge in [-0.3, -0.25) is 4.79 Å². The van der Waals surface area contributed by atoms with Crippen molar-refractivity contribution >= 4 is 17.6 Å². The Kier molecular flexibility index (Phi) is 4.74. The summed E-state index contributed by atoms with van der Waals surface area (Å²) in [7, 11) is 1.50. The fourth-order valence-electron chi connectivity index (χ4n) is 1.52. The standard InChI is InChI=1S/C11H15ClN2O3/c1-17-9-3-2-6(12)4-7(9)11(14)8(13)5-10(15)16/h2-4,8,11H,5,13-14H2,1H3,(H,15,16). The molecule has 1 aromatic carbocycles.